The van der Waals surface area contributed by atoms with Crippen molar-refractivity contribution in [3.63, 3.8) is 0 Å². The van der Waals surface area contributed by atoms with Crippen LogP contribution in [0.4, 0.5) is 11.8 Å². The van der Waals surface area contributed by atoms with E-state index in [4.69, 9.17) is 30.9 Å². The number of hydrogen-bond acceptors (Lipinski definition) is 13. The molecule has 0 radical (unpaired) electrons. The molecule has 18 nitrogen and oxygen atoms in total. The van der Waals surface area contributed by atoms with Gasteiger partial charge in [-0.1, -0.05) is 0 Å². The molecule has 0 bridgehead atoms. The molecule has 1 aliphatic heterocycles. The van der Waals surface area contributed by atoms with Crippen LogP contribution in [0.25, 0.3) is 11.2 Å². The van der Waals surface area contributed by atoms with Crippen LogP contribution in [0.1, 0.15) is 12.6 Å². The van der Waals surface area contributed by atoms with E-state index < -0.39 is 48.5 Å². The van der Waals surface area contributed by atoms with Crippen LogP contribution in [0.3, 0.4) is 0 Å². The zero-order valence-corrected chi connectivity index (χ0v) is 17.8. The summed E-state index contributed by atoms with van der Waals surface area (Å²) in [6.07, 6.45) is -2.11. The van der Waals surface area contributed by atoms with Gasteiger partial charge in [-0.2, -0.15) is 18.6 Å². The minimum absolute atomic E-state index is 0.00190. The van der Waals surface area contributed by atoms with Crippen molar-refractivity contribution in [1.82, 2.24) is 19.5 Å². The third kappa shape index (κ3) is 6.04. The number of ether oxygens (including phenoxy) is 1. The van der Waals surface area contributed by atoms with Gasteiger partial charge in [-0.05, 0) is 0 Å². The number of hydrogen-bond donors (Lipinski definition) is 7. The third-order valence-electron chi connectivity index (χ3n) is 3.74. The van der Waals surface area contributed by atoms with Gasteiger partial charge >= 0.3 is 23.5 Å². The predicted octanol–water partition coefficient (Wildman–Crippen LogP) is -1.02. The fourth-order valence-electron chi connectivity index (χ4n) is 2.71. The number of nitrogen functional groups attached to an aromatic ring is 2. The number of rotatable bonds is 8. The van der Waals surface area contributed by atoms with E-state index in [1.165, 1.54) is 10.9 Å². The van der Waals surface area contributed by atoms with Crippen molar-refractivity contribution in [3.8, 4) is 0 Å². The zero-order chi connectivity index (χ0) is 23.2. The SMILES string of the molecule is Nc1nc(N)c2ncn(C3OC(COP(=O)(O)OP(=O)(O)OP(=O)(O)O)CC3O)c2n1. The highest BCUT2D eigenvalue weighted by Crippen LogP contribution is 2.66. The van der Waals surface area contributed by atoms with Gasteiger partial charge in [0, 0.05) is 6.42 Å². The van der Waals surface area contributed by atoms with Gasteiger partial charge in [0.05, 0.1) is 19.0 Å². The van der Waals surface area contributed by atoms with Crippen molar-refractivity contribution in [3.05, 3.63) is 6.33 Å². The van der Waals surface area contributed by atoms with E-state index in [0.29, 0.717) is 0 Å². The van der Waals surface area contributed by atoms with Crippen LogP contribution in [-0.4, -0.2) is 63.0 Å². The topological polar surface area (TPSA) is 285 Å². The molecule has 5 atom stereocenters. The van der Waals surface area contributed by atoms with Crippen LogP contribution < -0.4 is 11.5 Å². The molecule has 2 aromatic heterocycles. The predicted molar refractivity (Wildman–Crippen MR) is 98.5 cm³/mol. The molecular formula is C10H17N6O12P3. The number of imidazole rings is 1. The summed E-state index contributed by atoms with van der Waals surface area (Å²) in [5.74, 6) is -0.151. The van der Waals surface area contributed by atoms with Gasteiger partial charge in [0.1, 0.15) is 11.6 Å². The molecular weight excluding hydrogens is 489 g/mol. The third-order valence-corrected chi connectivity index (χ3v) is 7.55. The molecule has 1 saturated heterocycles. The Morgan fingerprint density at radius 1 is 1.13 bits per heavy atom. The average molecular weight is 506 g/mol. The minimum atomic E-state index is -5.64. The molecule has 3 rings (SSSR count). The van der Waals surface area contributed by atoms with E-state index in [0.717, 1.165) is 0 Å². The second kappa shape index (κ2) is 8.44. The highest BCUT2D eigenvalue weighted by Gasteiger charge is 2.42. The molecule has 9 N–H and O–H groups in total. The Morgan fingerprint density at radius 3 is 2.45 bits per heavy atom. The number of anilines is 2. The molecule has 0 amide bonds. The number of phosphoric acid groups is 3. The molecule has 0 saturated carbocycles. The number of aliphatic hydroxyl groups is 1. The lowest BCUT2D eigenvalue weighted by atomic mass is 10.2. The monoisotopic (exact) mass is 506 g/mol. The summed E-state index contributed by atoms with van der Waals surface area (Å²) in [5.41, 5.74) is 11.6. The Balaban J connectivity index is 1.66. The van der Waals surface area contributed by atoms with Crippen molar-refractivity contribution < 1.29 is 56.3 Å². The van der Waals surface area contributed by atoms with E-state index in [-0.39, 0.29) is 29.4 Å². The summed E-state index contributed by atoms with van der Waals surface area (Å²) in [6, 6.07) is 0. The second-order valence-electron chi connectivity index (χ2n) is 6.13. The average Bonchev–Trinajstić information content (AvgIpc) is 3.12. The van der Waals surface area contributed by atoms with Crippen LogP contribution in [0.2, 0.25) is 0 Å². The zero-order valence-electron chi connectivity index (χ0n) is 15.1. The molecule has 31 heavy (non-hydrogen) atoms. The van der Waals surface area contributed by atoms with Gasteiger partial charge in [0.2, 0.25) is 5.95 Å². The molecule has 2 aromatic rings. The van der Waals surface area contributed by atoms with E-state index in [1.54, 1.807) is 0 Å². The lowest BCUT2D eigenvalue weighted by Crippen LogP contribution is -2.19. The van der Waals surface area contributed by atoms with E-state index in [2.05, 4.69) is 28.1 Å². The number of fused-ring (bicyclic) bond motifs is 1. The van der Waals surface area contributed by atoms with E-state index >= 15 is 0 Å². The van der Waals surface area contributed by atoms with Crippen molar-refractivity contribution in [2.24, 2.45) is 0 Å². The Bertz CT molecular complexity index is 1120. The van der Waals surface area contributed by atoms with Crippen molar-refractivity contribution >= 4 is 46.4 Å². The first kappa shape index (κ1) is 24.1. The fourth-order valence-corrected chi connectivity index (χ4v) is 5.76. The summed E-state index contributed by atoms with van der Waals surface area (Å²) >= 11 is 0. The minimum Gasteiger partial charge on any atom is -0.388 e. The van der Waals surface area contributed by atoms with Gasteiger partial charge in [0.15, 0.2) is 17.7 Å². The fraction of sp³-hybridized carbons (Fsp3) is 0.500. The number of nitrogens with two attached hydrogens (primary N) is 2. The maximum atomic E-state index is 11.8. The van der Waals surface area contributed by atoms with Crippen LogP contribution in [0.5, 0.6) is 0 Å². The Morgan fingerprint density at radius 2 is 1.81 bits per heavy atom. The number of aliphatic hydroxyl groups excluding tert-OH is 1. The summed E-state index contributed by atoms with van der Waals surface area (Å²) in [5, 5.41) is 10.3. The Kier molecular flexibility index (Phi) is 6.57. The van der Waals surface area contributed by atoms with E-state index in [1.807, 2.05) is 0 Å². The van der Waals surface area contributed by atoms with Crippen LogP contribution in [0.15, 0.2) is 6.33 Å². The lowest BCUT2D eigenvalue weighted by molar-refractivity contribution is -0.0481. The van der Waals surface area contributed by atoms with Gasteiger partial charge in [0.25, 0.3) is 0 Å². The second-order valence-corrected chi connectivity index (χ2v) is 10.5. The standard InChI is InChI=1S/C10H17N6O12P3/c11-7-6-8(15-10(12)14-7)16(3-13-6)9-5(17)1-4(26-9)2-25-30(21,22)28-31(23,24)27-29(18,19)20/h3-5,9,17H,1-2H2,(H,21,22)(H,23,24)(H2,18,19,20)(H4,11,12,14,15). The first-order chi connectivity index (χ1) is 14.2. The van der Waals surface area contributed by atoms with Crippen LogP contribution in [-0.2, 0) is 31.6 Å². The molecule has 3 heterocycles. The molecule has 0 aliphatic carbocycles. The van der Waals surface area contributed by atoms with Gasteiger partial charge in [-0.25, -0.2) is 18.7 Å². The maximum Gasteiger partial charge on any atom is 0.490 e. The molecule has 1 fully saturated rings. The summed E-state index contributed by atoms with van der Waals surface area (Å²) in [4.78, 5) is 47.4. The molecule has 1 aliphatic rings. The lowest BCUT2D eigenvalue weighted by Gasteiger charge is -2.19. The van der Waals surface area contributed by atoms with Crippen molar-refractivity contribution in [2.75, 3.05) is 18.1 Å². The highest BCUT2D eigenvalue weighted by molar-refractivity contribution is 7.66. The number of phosphoric ester groups is 1. The quantitative estimate of drug-likeness (QED) is 0.211. The summed E-state index contributed by atoms with van der Waals surface area (Å²) in [7, 11) is -16.5. The molecule has 174 valence electrons. The first-order valence-corrected chi connectivity index (χ1v) is 12.6. The van der Waals surface area contributed by atoms with Crippen LogP contribution in [0, 0.1) is 0 Å². The summed E-state index contributed by atoms with van der Waals surface area (Å²) < 4.78 is 52.3. The van der Waals surface area contributed by atoms with Gasteiger partial charge in [-0.3, -0.25) is 9.09 Å². The Labute approximate surface area is 172 Å². The Hall–Kier alpha value is -1.52. The highest BCUT2D eigenvalue weighted by atomic mass is 31.3. The first-order valence-electron chi connectivity index (χ1n) is 8.03. The normalized spacial score (nSPS) is 26.0. The number of aromatic nitrogens is 4. The maximum absolute atomic E-state index is 11.8. The summed E-state index contributed by atoms with van der Waals surface area (Å²) in [6.45, 7) is -0.719. The molecule has 0 spiro atoms. The van der Waals surface area contributed by atoms with Crippen molar-refractivity contribution in [2.45, 2.75) is 24.9 Å². The molecule has 5 unspecified atom stereocenters. The van der Waals surface area contributed by atoms with Crippen LogP contribution >= 0.6 is 23.5 Å². The largest absolute Gasteiger partial charge is 0.490 e. The van der Waals surface area contributed by atoms with Crippen molar-refractivity contribution in [1.29, 1.82) is 0 Å². The van der Waals surface area contributed by atoms with Gasteiger partial charge in [-0.15, -0.1) is 0 Å². The molecule has 0 aromatic carbocycles. The smallest absolute Gasteiger partial charge is 0.388 e. The molecule has 21 heteroatoms. The number of nitrogens with zero attached hydrogens (tertiary/aromatic N) is 4. The van der Waals surface area contributed by atoms with Gasteiger partial charge < -0.3 is 40.9 Å². The van der Waals surface area contributed by atoms with E-state index in [9.17, 15) is 23.7 Å².